The van der Waals surface area contributed by atoms with Crippen LogP contribution in [0.15, 0.2) is 0 Å². The molecule has 0 radical (unpaired) electrons. The van der Waals surface area contributed by atoms with Gasteiger partial charge in [0.05, 0.1) is 12.7 Å². The molecule has 0 unspecified atom stereocenters. The van der Waals surface area contributed by atoms with Crippen molar-refractivity contribution in [2.45, 2.75) is 65.9 Å². The molecule has 0 aromatic carbocycles. The maximum atomic E-state index is 5.92. The summed E-state index contributed by atoms with van der Waals surface area (Å²) in [5, 5.41) is 3.45. The van der Waals surface area contributed by atoms with E-state index in [0.717, 1.165) is 25.6 Å². The molecule has 0 aromatic rings. The molecule has 102 valence electrons. The molecule has 1 aliphatic rings. The van der Waals surface area contributed by atoms with E-state index in [1.807, 2.05) is 0 Å². The van der Waals surface area contributed by atoms with Crippen molar-refractivity contribution in [1.82, 2.24) is 5.32 Å². The van der Waals surface area contributed by atoms with Crippen LogP contribution >= 0.6 is 0 Å². The SMILES string of the molecule is CC(C)CCNCCOC1CCC(C)(C)CC1. The van der Waals surface area contributed by atoms with Gasteiger partial charge in [0.25, 0.3) is 0 Å². The minimum atomic E-state index is 0.523. The highest BCUT2D eigenvalue weighted by molar-refractivity contribution is 4.78. The molecule has 0 bridgehead atoms. The van der Waals surface area contributed by atoms with E-state index < -0.39 is 0 Å². The van der Waals surface area contributed by atoms with E-state index in [9.17, 15) is 0 Å². The van der Waals surface area contributed by atoms with E-state index in [4.69, 9.17) is 4.74 Å². The molecule has 2 nitrogen and oxygen atoms in total. The normalized spacial score (nSPS) is 21.0. The first kappa shape index (κ1) is 15.0. The zero-order valence-corrected chi connectivity index (χ0v) is 12.2. The Bertz CT molecular complexity index is 191. The van der Waals surface area contributed by atoms with Crippen molar-refractivity contribution in [3.8, 4) is 0 Å². The van der Waals surface area contributed by atoms with Crippen LogP contribution in [0.25, 0.3) is 0 Å². The largest absolute Gasteiger partial charge is 0.377 e. The average Bonchev–Trinajstić information content (AvgIpc) is 2.25. The smallest absolute Gasteiger partial charge is 0.0594 e. The van der Waals surface area contributed by atoms with Gasteiger partial charge in [0.1, 0.15) is 0 Å². The van der Waals surface area contributed by atoms with Gasteiger partial charge in [0.15, 0.2) is 0 Å². The summed E-state index contributed by atoms with van der Waals surface area (Å²) in [5.41, 5.74) is 0.551. The van der Waals surface area contributed by atoms with Crippen molar-refractivity contribution in [2.75, 3.05) is 19.7 Å². The molecule has 17 heavy (non-hydrogen) atoms. The first-order valence-electron chi connectivity index (χ1n) is 7.32. The van der Waals surface area contributed by atoms with Crippen molar-refractivity contribution in [3.63, 3.8) is 0 Å². The first-order valence-corrected chi connectivity index (χ1v) is 7.32. The van der Waals surface area contributed by atoms with E-state index >= 15 is 0 Å². The number of ether oxygens (including phenoxy) is 1. The number of nitrogens with one attached hydrogen (secondary N) is 1. The van der Waals surface area contributed by atoms with Crippen LogP contribution in [0.5, 0.6) is 0 Å². The highest BCUT2D eigenvalue weighted by atomic mass is 16.5. The lowest BCUT2D eigenvalue weighted by atomic mass is 9.76. The quantitative estimate of drug-likeness (QED) is 0.688. The minimum Gasteiger partial charge on any atom is -0.377 e. The Balaban J connectivity index is 1.94. The predicted octanol–water partition coefficient (Wildman–Crippen LogP) is 3.61. The van der Waals surface area contributed by atoms with Gasteiger partial charge in [-0.1, -0.05) is 27.7 Å². The molecule has 1 aliphatic carbocycles. The molecular formula is C15H31NO. The van der Waals surface area contributed by atoms with Crippen molar-refractivity contribution in [1.29, 1.82) is 0 Å². The van der Waals surface area contributed by atoms with Crippen LogP contribution in [0, 0.1) is 11.3 Å². The molecule has 0 atom stereocenters. The summed E-state index contributed by atoms with van der Waals surface area (Å²) in [7, 11) is 0. The van der Waals surface area contributed by atoms with E-state index in [1.54, 1.807) is 0 Å². The number of hydrogen-bond acceptors (Lipinski definition) is 2. The lowest BCUT2D eigenvalue weighted by molar-refractivity contribution is 0.00601. The van der Waals surface area contributed by atoms with E-state index in [0.29, 0.717) is 11.5 Å². The van der Waals surface area contributed by atoms with Gasteiger partial charge in [-0.15, -0.1) is 0 Å². The Morgan fingerprint density at radius 3 is 2.41 bits per heavy atom. The molecule has 0 aromatic heterocycles. The topological polar surface area (TPSA) is 21.3 Å². The Labute approximate surface area is 108 Å². The number of hydrogen-bond donors (Lipinski definition) is 1. The maximum Gasteiger partial charge on any atom is 0.0594 e. The molecule has 0 aliphatic heterocycles. The van der Waals surface area contributed by atoms with Gasteiger partial charge in [0, 0.05) is 6.54 Å². The molecule has 0 heterocycles. The fraction of sp³-hybridized carbons (Fsp3) is 1.00. The van der Waals surface area contributed by atoms with Gasteiger partial charge in [0.2, 0.25) is 0 Å². The van der Waals surface area contributed by atoms with Crippen LogP contribution in [0.4, 0.5) is 0 Å². The van der Waals surface area contributed by atoms with Crippen molar-refractivity contribution in [2.24, 2.45) is 11.3 Å². The molecule has 0 amide bonds. The number of rotatable bonds is 7. The summed E-state index contributed by atoms with van der Waals surface area (Å²) in [6, 6.07) is 0. The Morgan fingerprint density at radius 2 is 1.82 bits per heavy atom. The minimum absolute atomic E-state index is 0.523. The summed E-state index contributed by atoms with van der Waals surface area (Å²) in [4.78, 5) is 0. The van der Waals surface area contributed by atoms with Crippen LogP contribution in [0.1, 0.15) is 59.8 Å². The Morgan fingerprint density at radius 1 is 1.18 bits per heavy atom. The van der Waals surface area contributed by atoms with Crippen LogP contribution in [-0.4, -0.2) is 25.8 Å². The second-order valence-electron chi connectivity index (χ2n) is 6.67. The van der Waals surface area contributed by atoms with Crippen LogP contribution < -0.4 is 5.32 Å². The third-order valence-electron chi connectivity index (χ3n) is 3.82. The summed E-state index contributed by atoms with van der Waals surface area (Å²) in [6.07, 6.45) is 6.92. The molecule has 0 spiro atoms. The van der Waals surface area contributed by atoms with Gasteiger partial charge >= 0.3 is 0 Å². The van der Waals surface area contributed by atoms with E-state index in [-0.39, 0.29) is 0 Å². The van der Waals surface area contributed by atoms with Crippen LogP contribution in [0.3, 0.4) is 0 Å². The first-order chi connectivity index (χ1) is 7.99. The zero-order valence-electron chi connectivity index (χ0n) is 12.2. The third kappa shape index (κ3) is 7.05. The summed E-state index contributed by atoms with van der Waals surface area (Å²) < 4.78 is 5.92. The van der Waals surface area contributed by atoms with E-state index in [2.05, 4.69) is 33.0 Å². The molecule has 1 saturated carbocycles. The summed E-state index contributed by atoms with van der Waals surface area (Å²) in [5.74, 6) is 0.795. The molecule has 1 fully saturated rings. The molecular weight excluding hydrogens is 210 g/mol. The monoisotopic (exact) mass is 241 g/mol. The van der Waals surface area contributed by atoms with Crippen molar-refractivity contribution in [3.05, 3.63) is 0 Å². The van der Waals surface area contributed by atoms with Gasteiger partial charge in [-0.25, -0.2) is 0 Å². The third-order valence-corrected chi connectivity index (χ3v) is 3.82. The lowest BCUT2D eigenvalue weighted by Crippen LogP contribution is -2.29. The molecule has 1 rings (SSSR count). The van der Waals surface area contributed by atoms with E-state index in [1.165, 1.54) is 32.1 Å². The molecule has 0 saturated heterocycles. The fourth-order valence-corrected chi connectivity index (χ4v) is 2.35. The highest BCUT2D eigenvalue weighted by Gasteiger charge is 2.26. The highest BCUT2D eigenvalue weighted by Crippen LogP contribution is 2.35. The van der Waals surface area contributed by atoms with Crippen molar-refractivity contribution >= 4 is 0 Å². The van der Waals surface area contributed by atoms with Crippen molar-refractivity contribution < 1.29 is 4.74 Å². The Kier molecular flexibility index (Phi) is 6.50. The fourth-order valence-electron chi connectivity index (χ4n) is 2.35. The summed E-state index contributed by atoms with van der Waals surface area (Å²) >= 11 is 0. The van der Waals surface area contributed by atoms with Gasteiger partial charge < -0.3 is 10.1 Å². The molecule has 1 N–H and O–H groups in total. The predicted molar refractivity (Wildman–Crippen MR) is 74.3 cm³/mol. The zero-order chi connectivity index (χ0) is 12.7. The average molecular weight is 241 g/mol. The standard InChI is InChI=1S/C15H31NO/c1-13(2)7-10-16-11-12-17-14-5-8-15(3,4)9-6-14/h13-14,16H,5-12H2,1-4H3. The van der Waals surface area contributed by atoms with Gasteiger partial charge in [-0.3, -0.25) is 0 Å². The summed E-state index contributed by atoms with van der Waals surface area (Å²) in [6.45, 7) is 12.3. The van der Waals surface area contributed by atoms with Gasteiger partial charge in [-0.05, 0) is 50.0 Å². The van der Waals surface area contributed by atoms with Crippen LogP contribution in [0.2, 0.25) is 0 Å². The molecule has 2 heteroatoms. The second kappa shape index (κ2) is 7.38. The lowest BCUT2D eigenvalue weighted by Gasteiger charge is -2.34. The Hall–Kier alpha value is -0.0800. The second-order valence-corrected chi connectivity index (χ2v) is 6.67. The van der Waals surface area contributed by atoms with Gasteiger partial charge in [-0.2, -0.15) is 0 Å². The maximum absolute atomic E-state index is 5.92. The van der Waals surface area contributed by atoms with Crippen LogP contribution in [-0.2, 0) is 4.74 Å².